The highest BCUT2D eigenvalue weighted by atomic mass is 16.6. The number of carbonyl (C=O) groups excluding carboxylic acids is 2. The molecule has 1 aliphatic carbocycles. The Bertz CT molecular complexity index is 263. The van der Waals surface area contributed by atoms with Crippen LogP contribution in [0.1, 0.15) is 13.3 Å². The fourth-order valence-corrected chi connectivity index (χ4v) is 2.24. The zero-order valence-corrected chi connectivity index (χ0v) is 8.30. The first-order chi connectivity index (χ1) is 6.69. The number of ether oxygens (including phenoxy) is 2. The van der Waals surface area contributed by atoms with Gasteiger partial charge in [-0.1, -0.05) is 0 Å². The van der Waals surface area contributed by atoms with E-state index in [1.165, 1.54) is 7.11 Å². The molecular weight excluding hydrogens is 184 g/mol. The lowest BCUT2D eigenvalue weighted by Crippen LogP contribution is -2.03. The van der Waals surface area contributed by atoms with Gasteiger partial charge >= 0.3 is 5.97 Å². The van der Waals surface area contributed by atoms with E-state index in [9.17, 15) is 9.59 Å². The Morgan fingerprint density at radius 3 is 2.64 bits per heavy atom. The highest BCUT2D eigenvalue weighted by Gasteiger charge is 2.61. The number of hydrogen-bond acceptors (Lipinski definition) is 4. The van der Waals surface area contributed by atoms with Crippen LogP contribution < -0.4 is 0 Å². The van der Waals surface area contributed by atoms with Gasteiger partial charge in [0.05, 0.1) is 19.3 Å². The van der Waals surface area contributed by atoms with Gasteiger partial charge in [0, 0.05) is 18.3 Å². The topological polar surface area (TPSA) is 55.9 Å². The van der Waals surface area contributed by atoms with Gasteiger partial charge in [0.25, 0.3) is 0 Å². The van der Waals surface area contributed by atoms with Crippen molar-refractivity contribution in [3.8, 4) is 0 Å². The van der Waals surface area contributed by atoms with Gasteiger partial charge in [-0.3, -0.25) is 4.79 Å². The number of hydrogen-bond donors (Lipinski definition) is 0. The van der Waals surface area contributed by atoms with Crippen molar-refractivity contribution < 1.29 is 19.1 Å². The molecule has 0 bridgehead atoms. The van der Waals surface area contributed by atoms with E-state index < -0.39 is 0 Å². The Labute approximate surface area is 82.6 Å². The van der Waals surface area contributed by atoms with E-state index in [0.29, 0.717) is 6.42 Å². The Balaban J connectivity index is 1.87. The van der Waals surface area contributed by atoms with Crippen LogP contribution in [-0.2, 0) is 19.1 Å². The van der Waals surface area contributed by atoms with Gasteiger partial charge in [-0.2, -0.15) is 0 Å². The van der Waals surface area contributed by atoms with Gasteiger partial charge in [0.2, 0.25) is 0 Å². The predicted octanol–water partition coefficient (Wildman–Crippen LogP) is 0.398. The maximum absolute atomic E-state index is 11.0. The normalized spacial score (nSPS) is 44.3. The molecule has 1 aliphatic heterocycles. The Morgan fingerprint density at radius 1 is 1.57 bits per heavy atom. The van der Waals surface area contributed by atoms with Crippen molar-refractivity contribution in [3.63, 3.8) is 0 Å². The van der Waals surface area contributed by atoms with Gasteiger partial charge in [-0.15, -0.1) is 0 Å². The summed E-state index contributed by atoms with van der Waals surface area (Å²) in [4.78, 5) is 21.7. The van der Waals surface area contributed by atoms with Crippen LogP contribution in [0.25, 0.3) is 0 Å². The van der Waals surface area contributed by atoms with Crippen molar-refractivity contribution in [2.24, 2.45) is 17.8 Å². The SMILES string of the molecule is COC(=O)C[C@@H]1[C@@H](C=O)[C@H]1[C@H]1OC1C. The van der Waals surface area contributed by atoms with E-state index in [1.807, 2.05) is 6.92 Å². The first-order valence-electron chi connectivity index (χ1n) is 4.86. The number of esters is 1. The lowest BCUT2D eigenvalue weighted by atomic mass is 10.1. The van der Waals surface area contributed by atoms with Gasteiger partial charge in [-0.05, 0) is 12.8 Å². The summed E-state index contributed by atoms with van der Waals surface area (Å²) in [6.45, 7) is 1.99. The van der Waals surface area contributed by atoms with Crippen LogP contribution in [0.5, 0.6) is 0 Å². The summed E-state index contributed by atoms with van der Waals surface area (Å²) in [6.07, 6.45) is 1.73. The van der Waals surface area contributed by atoms with Crippen LogP contribution >= 0.6 is 0 Å². The van der Waals surface area contributed by atoms with Crippen molar-refractivity contribution in [2.75, 3.05) is 7.11 Å². The molecular formula is C10H14O4. The van der Waals surface area contributed by atoms with Gasteiger partial charge in [0.15, 0.2) is 0 Å². The number of aldehydes is 1. The molecule has 0 aromatic carbocycles. The first kappa shape index (κ1) is 9.65. The molecule has 1 saturated carbocycles. The quantitative estimate of drug-likeness (QED) is 0.372. The summed E-state index contributed by atoms with van der Waals surface area (Å²) in [5.74, 6) is 0.165. The van der Waals surface area contributed by atoms with Crippen LogP contribution in [0.3, 0.4) is 0 Å². The molecule has 2 aliphatic rings. The molecule has 1 heterocycles. The van der Waals surface area contributed by atoms with Gasteiger partial charge < -0.3 is 14.3 Å². The number of carbonyl (C=O) groups is 2. The van der Waals surface area contributed by atoms with E-state index in [0.717, 1.165) is 6.29 Å². The molecule has 0 N–H and O–H groups in total. The Hall–Kier alpha value is -0.900. The average molecular weight is 198 g/mol. The molecule has 2 rings (SSSR count). The molecule has 4 nitrogen and oxygen atoms in total. The van der Waals surface area contributed by atoms with Crippen molar-refractivity contribution in [3.05, 3.63) is 0 Å². The molecule has 0 aromatic heterocycles. The lowest BCUT2D eigenvalue weighted by Gasteiger charge is -1.95. The minimum absolute atomic E-state index is 0.00375. The van der Waals surface area contributed by atoms with Crippen LogP contribution in [0.4, 0.5) is 0 Å². The molecule has 0 amide bonds. The van der Waals surface area contributed by atoms with Crippen molar-refractivity contribution in [2.45, 2.75) is 25.6 Å². The third-order valence-corrected chi connectivity index (χ3v) is 3.22. The smallest absolute Gasteiger partial charge is 0.305 e. The number of epoxide rings is 1. The van der Waals surface area contributed by atoms with Gasteiger partial charge in [-0.25, -0.2) is 0 Å². The van der Waals surface area contributed by atoms with E-state index in [-0.39, 0.29) is 35.9 Å². The van der Waals surface area contributed by atoms with E-state index in [2.05, 4.69) is 4.74 Å². The Morgan fingerprint density at radius 2 is 2.21 bits per heavy atom. The predicted molar refractivity (Wildman–Crippen MR) is 47.5 cm³/mol. The molecule has 4 heteroatoms. The fraction of sp³-hybridized carbons (Fsp3) is 0.800. The summed E-state index contributed by atoms with van der Waals surface area (Å²) >= 11 is 0. The largest absolute Gasteiger partial charge is 0.469 e. The van der Waals surface area contributed by atoms with Crippen molar-refractivity contribution in [1.29, 1.82) is 0 Å². The lowest BCUT2D eigenvalue weighted by molar-refractivity contribution is -0.141. The average Bonchev–Trinajstić information content (AvgIpc) is 3.03. The second kappa shape index (κ2) is 3.35. The maximum atomic E-state index is 11.0. The second-order valence-corrected chi connectivity index (χ2v) is 4.04. The van der Waals surface area contributed by atoms with E-state index >= 15 is 0 Å². The summed E-state index contributed by atoms with van der Waals surface area (Å²) < 4.78 is 9.88. The molecule has 2 fully saturated rings. The second-order valence-electron chi connectivity index (χ2n) is 4.04. The van der Waals surface area contributed by atoms with Crippen LogP contribution in [-0.4, -0.2) is 31.6 Å². The van der Waals surface area contributed by atoms with Crippen LogP contribution in [0.15, 0.2) is 0 Å². The monoisotopic (exact) mass is 198 g/mol. The van der Waals surface area contributed by atoms with E-state index in [1.54, 1.807) is 0 Å². The summed E-state index contributed by atoms with van der Waals surface area (Å²) in [5.41, 5.74) is 0. The maximum Gasteiger partial charge on any atom is 0.305 e. The standard InChI is InChI=1S/C10H14O4/c1-5-10(14-5)9-6(7(9)4-11)3-8(12)13-2/h4-7,9-10H,3H2,1-2H3/t5?,6-,7-,9+,10+/m1/s1. The first-order valence-corrected chi connectivity index (χ1v) is 4.86. The zero-order valence-electron chi connectivity index (χ0n) is 8.30. The number of rotatable bonds is 4. The van der Waals surface area contributed by atoms with Crippen LogP contribution in [0, 0.1) is 17.8 Å². The highest BCUT2D eigenvalue weighted by molar-refractivity contribution is 5.72. The summed E-state index contributed by atoms with van der Waals surface area (Å²) in [6, 6.07) is 0. The minimum atomic E-state index is -0.238. The fourth-order valence-electron chi connectivity index (χ4n) is 2.24. The Kier molecular flexibility index (Phi) is 2.31. The van der Waals surface area contributed by atoms with E-state index in [4.69, 9.17) is 4.74 Å². The molecule has 5 atom stereocenters. The molecule has 1 saturated heterocycles. The summed E-state index contributed by atoms with van der Waals surface area (Å²) in [7, 11) is 1.37. The van der Waals surface area contributed by atoms with Gasteiger partial charge in [0.1, 0.15) is 6.29 Å². The minimum Gasteiger partial charge on any atom is -0.469 e. The van der Waals surface area contributed by atoms with Crippen molar-refractivity contribution in [1.82, 2.24) is 0 Å². The van der Waals surface area contributed by atoms with Crippen LogP contribution in [0.2, 0.25) is 0 Å². The molecule has 1 unspecified atom stereocenters. The molecule has 78 valence electrons. The molecule has 0 radical (unpaired) electrons. The summed E-state index contributed by atoms with van der Waals surface area (Å²) in [5, 5.41) is 0. The molecule has 0 aromatic rings. The third-order valence-electron chi connectivity index (χ3n) is 3.22. The molecule has 0 spiro atoms. The number of methoxy groups -OCH3 is 1. The highest BCUT2D eigenvalue weighted by Crippen LogP contribution is 2.55. The zero-order chi connectivity index (χ0) is 10.3. The molecule has 14 heavy (non-hydrogen) atoms. The third kappa shape index (κ3) is 1.54. The van der Waals surface area contributed by atoms with Crippen molar-refractivity contribution >= 4 is 12.3 Å².